The Bertz CT molecular complexity index is 1900. The lowest BCUT2D eigenvalue weighted by Gasteiger charge is -2.21. The summed E-state index contributed by atoms with van der Waals surface area (Å²) < 4.78 is 7.63. The summed E-state index contributed by atoms with van der Waals surface area (Å²) >= 11 is 20.0. The Labute approximate surface area is 257 Å². The average molecular weight is 802 g/mol. The molecule has 2 aliphatic rings. The monoisotopic (exact) mass is 798 g/mol. The molecule has 0 fully saturated rings. The van der Waals surface area contributed by atoms with Crippen molar-refractivity contribution in [2.45, 2.75) is 0 Å². The first kappa shape index (κ1) is 27.9. The van der Waals surface area contributed by atoms with Crippen LogP contribution in [0.2, 0.25) is 5.02 Å². The minimum Gasteiger partial charge on any atom is -0.507 e. The summed E-state index contributed by atoms with van der Waals surface area (Å²) in [5, 5.41) is 30.7. The Kier molecular flexibility index (Phi) is 7.40. The molecule has 0 saturated carbocycles. The highest BCUT2D eigenvalue weighted by Crippen LogP contribution is 2.52. The molecule has 0 spiro atoms. The van der Waals surface area contributed by atoms with Crippen LogP contribution in [0.3, 0.4) is 0 Å². The van der Waals surface area contributed by atoms with Crippen LogP contribution in [0.4, 0.5) is 0 Å². The van der Waals surface area contributed by atoms with Gasteiger partial charge in [-0.15, -0.1) is 0 Å². The lowest BCUT2D eigenvalue weighted by molar-refractivity contribution is 0.0686. The molecule has 3 aromatic rings. The first-order chi connectivity index (χ1) is 18.4. The third-order valence-electron chi connectivity index (χ3n) is 6.06. The SMILES string of the molecule is O=C(O)c1ccc(-c2cc3c(-c4c(Br)c(Br)c(Br)c(Br)c4C(=O)O)c4cc(Cl)c(=O)cc-4oc3cc2O)cc1. The van der Waals surface area contributed by atoms with Gasteiger partial charge in [-0.05, 0) is 93.5 Å². The maximum Gasteiger partial charge on any atom is 0.337 e. The highest BCUT2D eigenvalue weighted by Gasteiger charge is 2.30. The van der Waals surface area contributed by atoms with Gasteiger partial charge in [-0.25, -0.2) is 9.59 Å². The Balaban J connectivity index is 1.99. The number of carboxylic acids is 2. The van der Waals surface area contributed by atoms with Crippen molar-refractivity contribution >= 4 is 98.2 Å². The number of carbonyl (C=O) groups is 2. The van der Waals surface area contributed by atoms with Crippen LogP contribution in [0.1, 0.15) is 20.7 Å². The van der Waals surface area contributed by atoms with E-state index in [1.807, 2.05) is 0 Å². The lowest BCUT2D eigenvalue weighted by atomic mass is 9.89. The van der Waals surface area contributed by atoms with Crippen molar-refractivity contribution in [2.24, 2.45) is 0 Å². The predicted molar refractivity (Wildman–Crippen MR) is 161 cm³/mol. The van der Waals surface area contributed by atoms with Gasteiger partial charge in [0.25, 0.3) is 0 Å². The van der Waals surface area contributed by atoms with Crippen molar-refractivity contribution in [3.8, 4) is 39.3 Å². The van der Waals surface area contributed by atoms with Crippen LogP contribution in [0.5, 0.6) is 5.75 Å². The van der Waals surface area contributed by atoms with E-state index in [4.69, 9.17) is 16.0 Å². The molecule has 1 heterocycles. The normalized spacial score (nSPS) is 11.3. The molecule has 0 radical (unpaired) electrons. The highest BCUT2D eigenvalue weighted by molar-refractivity contribution is 9.15. The van der Waals surface area contributed by atoms with E-state index in [0.717, 1.165) is 0 Å². The smallest absolute Gasteiger partial charge is 0.337 e. The Hall–Kier alpha value is -2.70. The molecule has 196 valence electrons. The van der Waals surface area contributed by atoms with E-state index in [1.54, 1.807) is 18.2 Å². The van der Waals surface area contributed by atoms with E-state index >= 15 is 0 Å². The highest BCUT2D eigenvalue weighted by atomic mass is 79.9. The van der Waals surface area contributed by atoms with Crippen LogP contribution in [-0.2, 0) is 0 Å². The van der Waals surface area contributed by atoms with Gasteiger partial charge < -0.3 is 19.7 Å². The third-order valence-corrected chi connectivity index (χ3v) is 11.1. The molecule has 0 saturated heterocycles. The molecule has 39 heavy (non-hydrogen) atoms. The van der Waals surface area contributed by atoms with E-state index in [1.165, 1.54) is 30.3 Å². The van der Waals surface area contributed by atoms with Gasteiger partial charge in [0.2, 0.25) is 5.43 Å². The van der Waals surface area contributed by atoms with Crippen LogP contribution < -0.4 is 5.43 Å². The molecule has 0 atom stereocenters. The zero-order valence-corrected chi connectivity index (χ0v) is 26.1. The molecule has 1 aliphatic carbocycles. The number of hydrogen-bond acceptors (Lipinski definition) is 5. The van der Waals surface area contributed by atoms with Crippen LogP contribution in [0.25, 0.3) is 44.5 Å². The van der Waals surface area contributed by atoms with Crippen molar-refractivity contribution in [1.29, 1.82) is 0 Å². The molecule has 12 heteroatoms. The quantitative estimate of drug-likeness (QED) is 0.0942. The number of carboxylic acid groups (broad SMARTS) is 2. The number of phenolic OH excluding ortho intramolecular Hbond substituents is 1. The summed E-state index contributed by atoms with van der Waals surface area (Å²) in [6, 6.07) is 11.5. The second-order valence-electron chi connectivity index (χ2n) is 8.31. The molecule has 3 N–H and O–H groups in total. The van der Waals surface area contributed by atoms with E-state index in [2.05, 4.69) is 63.7 Å². The first-order valence-corrected chi connectivity index (χ1v) is 14.3. The van der Waals surface area contributed by atoms with E-state index < -0.39 is 17.4 Å². The standard InChI is InChI=1S/C27H11Br4ClO7/c28-22-20(21(27(37)38)23(29)25(31)24(22)30)19-12-5-11(9-1-3-10(4-2-9)26(35)36)15(33)7-17(12)39-18-8-16(34)14(32)6-13(18)19/h1-8,33H,(H,35,36)(H,37,38). The average Bonchev–Trinajstić information content (AvgIpc) is 2.89. The number of fused-ring (bicyclic) bond motifs is 2. The number of aromatic carboxylic acids is 2. The van der Waals surface area contributed by atoms with Gasteiger partial charge in [0.05, 0.1) is 16.1 Å². The molecule has 7 nitrogen and oxygen atoms in total. The summed E-state index contributed by atoms with van der Waals surface area (Å²) in [4.78, 5) is 36.3. The molecule has 0 amide bonds. The summed E-state index contributed by atoms with van der Waals surface area (Å²) in [6.07, 6.45) is 0. The number of phenols is 1. The molecule has 0 unspecified atom stereocenters. The van der Waals surface area contributed by atoms with E-state index in [-0.39, 0.29) is 43.3 Å². The number of aromatic hydroxyl groups is 1. The summed E-state index contributed by atoms with van der Waals surface area (Å²) in [5.41, 5.74) is 1.48. The fourth-order valence-electron chi connectivity index (χ4n) is 4.29. The second kappa shape index (κ2) is 10.4. The van der Waals surface area contributed by atoms with Crippen molar-refractivity contribution in [3.05, 3.63) is 92.8 Å². The van der Waals surface area contributed by atoms with Gasteiger partial charge in [-0.2, -0.15) is 0 Å². The molecular weight excluding hydrogens is 791 g/mol. The summed E-state index contributed by atoms with van der Waals surface area (Å²) in [5.74, 6) is -2.37. The zero-order chi connectivity index (χ0) is 28.3. The first-order valence-electron chi connectivity index (χ1n) is 10.8. The molecule has 5 rings (SSSR count). The van der Waals surface area contributed by atoms with Crippen LogP contribution in [0, 0.1) is 0 Å². The number of hydrogen-bond donors (Lipinski definition) is 3. The van der Waals surface area contributed by atoms with Crippen molar-refractivity contribution < 1.29 is 29.3 Å². The number of benzene rings is 4. The van der Waals surface area contributed by atoms with Crippen LogP contribution in [0.15, 0.2) is 75.6 Å². The second-order valence-corrected chi connectivity index (χ2v) is 11.9. The minimum atomic E-state index is -1.23. The maximum absolute atomic E-state index is 12.6. The molecule has 0 aromatic heterocycles. The maximum atomic E-state index is 12.6. The predicted octanol–water partition coefficient (Wildman–Crippen LogP) is 9.04. The number of halogens is 5. The molecule has 3 aromatic carbocycles. The Morgan fingerprint density at radius 1 is 0.769 bits per heavy atom. The fraction of sp³-hybridized carbons (Fsp3) is 0. The van der Waals surface area contributed by atoms with Crippen LogP contribution in [-0.4, -0.2) is 27.3 Å². The summed E-state index contributed by atoms with van der Waals surface area (Å²) in [7, 11) is 0. The number of rotatable bonds is 4. The van der Waals surface area contributed by atoms with E-state index in [0.29, 0.717) is 41.1 Å². The zero-order valence-electron chi connectivity index (χ0n) is 19.0. The molecule has 0 bridgehead atoms. The minimum absolute atomic E-state index is 0.0726. The van der Waals surface area contributed by atoms with Crippen molar-refractivity contribution in [1.82, 2.24) is 0 Å². The topological polar surface area (TPSA) is 125 Å². The lowest BCUT2D eigenvalue weighted by Crippen LogP contribution is -2.07. The van der Waals surface area contributed by atoms with Crippen LogP contribution >= 0.6 is 75.3 Å². The summed E-state index contributed by atoms with van der Waals surface area (Å²) in [6.45, 7) is 0. The van der Waals surface area contributed by atoms with Gasteiger partial charge in [-0.1, -0.05) is 23.7 Å². The van der Waals surface area contributed by atoms with Crippen molar-refractivity contribution in [2.75, 3.05) is 0 Å². The molecule has 1 aliphatic heterocycles. The van der Waals surface area contributed by atoms with Gasteiger partial charge in [0.15, 0.2) is 0 Å². The van der Waals surface area contributed by atoms with Gasteiger partial charge in [0.1, 0.15) is 17.1 Å². The van der Waals surface area contributed by atoms with Crippen molar-refractivity contribution in [3.63, 3.8) is 0 Å². The largest absolute Gasteiger partial charge is 0.507 e. The van der Waals surface area contributed by atoms with E-state index in [9.17, 15) is 29.7 Å². The van der Waals surface area contributed by atoms with Gasteiger partial charge in [0, 0.05) is 57.7 Å². The fourth-order valence-corrected chi connectivity index (χ4v) is 6.94. The Morgan fingerprint density at radius 3 is 2.03 bits per heavy atom. The molecular formula is C27H11Br4ClO7. The third kappa shape index (κ3) is 4.70. The Morgan fingerprint density at radius 2 is 1.41 bits per heavy atom. The van der Waals surface area contributed by atoms with Gasteiger partial charge >= 0.3 is 11.9 Å². The van der Waals surface area contributed by atoms with Gasteiger partial charge in [-0.3, -0.25) is 4.79 Å².